The zero-order valence-electron chi connectivity index (χ0n) is 13.7. The fourth-order valence-corrected chi connectivity index (χ4v) is 2.68. The highest BCUT2D eigenvalue weighted by Crippen LogP contribution is 2.30. The van der Waals surface area contributed by atoms with Crippen molar-refractivity contribution >= 4 is 23.0 Å². The predicted molar refractivity (Wildman–Crippen MR) is 94.0 cm³/mol. The highest BCUT2D eigenvalue weighted by molar-refractivity contribution is 6.19. The van der Waals surface area contributed by atoms with E-state index in [1.165, 1.54) is 17.0 Å². The highest BCUT2D eigenvalue weighted by atomic mass is 16.6. The molecule has 0 bridgehead atoms. The molecule has 0 unspecified atom stereocenters. The minimum Gasteiger partial charge on any atom is -0.361 e. The first kappa shape index (κ1) is 16.8. The van der Waals surface area contributed by atoms with Crippen LogP contribution in [-0.4, -0.2) is 36.4 Å². The van der Waals surface area contributed by atoms with Crippen LogP contribution in [0.1, 0.15) is 18.1 Å². The molecule has 7 nitrogen and oxygen atoms in total. The molecule has 0 atom stereocenters. The van der Waals surface area contributed by atoms with E-state index in [9.17, 15) is 14.9 Å². The summed E-state index contributed by atoms with van der Waals surface area (Å²) in [5.74, 6) is -0.213. The van der Waals surface area contributed by atoms with Crippen molar-refractivity contribution in [2.75, 3.05) is 24.8 Å². The van der Waals surface area contributed by atoms with E-state index in [4.69, 9.17) is 4.74 Å². The van der Waals surface area contributed by atoms with E-state index in [2.05, 4.69) is 4.99 Å². The number of benzene rings is 2. The lowest BCUT2D eigenvalue weighted by Crippen LogP contribution is -2.34. The number of amides is 1. The quantitative estimate of drug-likeness (QED) is 0.619. The SMILES string of the molecule is CCOCN1C(=O)CN=C(c2ccccc2)c2cc([N+](=O)[O-])ccc21. The molecule has 1 aliphatic rings. The van der Waals surface area contributed by atoms with Gasteiger partial charge in [-0.05, 0) is 13.0 Å². The number of anilines is 1. The Morgan fingerprint density at radius 3 is 2.68 bits per heavy atom. The Bertz CT molecular complexity index is 833. The largest absolute Gasteiger partial charge is 0.361 e. The molecule has 2 aromatic rings. The normalized spacial score (nSPS) is 13.9. The van der Waals surface area contributed by atoms with Crippen molar-refractivity contribution in [2.45, 2.75) is 6.92 Å². The maximum atomic E-state index is 12.5. The average Bonchev–Trinajstić information content (AvgIpc) is 2.76. The number of non-ortho nitro benzene ring substituents is 1. The number of hydrogen-bond donors (Lipinski definition) is 0. The molecule has 0 spiro atoms. The van der Waals surface area contributed by atoms with Gasteiger partial charge in [-0.25, -0.2) is 0 Å². The van der Waals surface area contributed by atoms with Crippen molar-refractivity contribution in [3.63, 3.8) is 0 Å². The molecule has 25 heavy (non-hydrogen) atoms. The fraction of sp³-hybridized carbons (Fsp3) is 0.222. The van der Waals surface area contributed by atoms with Crippen LogP contribution >= 0.6 is 0 Å². The summed E-state index contributed by atoms with van der Waals surface area (Å²) >= 11 is 0. The molecule has 0 N–H and O–H groups in total. The maximum Gasteiger partial charge on any atom is 0.270 e. The van der Waals surface area contributed by atoms with Crippen LogP contribution in [0.4, 0.5) is 11.4 Å². The molecule has 7 heteroatoms. The second-order valence-electron chi connectivity index (χ2n) is 5.43. The van der Waals surface area contributed by atoms with Gasteiger partial charge in [0, 0.05) is 29.9 Å². The summed E-state index contributed by atoms with van der Waals surface area (Å²) < 4.78 is 5.39. The van der Waals surface area contributed by atoms with E-state index < -0.39 is 4.92 Å². The topological polar surface area (TPSA) is 85.0 Å². The number of nitro groups is 1. The minimum absolute atomic E-state index is 0.0419. The molecule has 2 aromatic carbocycles. The lowest BCUT2D eigenvalue weighted by atomic mass is 9.99. The molecular weight excluding hydrogens is 322 g/mol. The Labute approximate surface area is 144 Å². The molecule has 0 saturated heterocycles. The summed E-state index contributed by atoms with van der Waals surface area (Å²) in [4.78, 5) is 29.1. The molecule has 0 fully saturated rings. The van der Waals surface area contributed by atoms with E-state index >= 15 is 0 Å². The van der Waals surface area contributed by atoms with Gasteiger partial charge in [0.15, 0.2) is 0 Å². The van der Waals surface area contributed by atoms with Gasteiger partial charge in [0.1, 0.15) is 13.3 Å². The van der Waals surface area contributed by atoms with E-state index in [1.807, 2.05) is 37.3 Å². The molecule has 3 rings (SSSR count). The number of fused-ring (bicyclic) bond motifs is 1. The first-order valence-electron chi connectivity index (χ1n) is 7.88. The van der Waals surface area contributed by atoms with Crippen molar-refractivity contribution in [3.05, 3.63) is 69.8 Å². The molecule has 1 heterocycles. The number of nitro benzene ring substituents is 1. The summed E-state index contributed by atoms with van der Waals surface area (Å²) in [5, 5.41) is 11.2. The smallest absolute Gasteiger partial charge is 0.270 e. The van der Waals surface area contributed by atoms with Gasteiger partial charge in [-0.3, -0.25) is 24.8 Å². The number of ether oxygens (including phenoxy) is 1. The lowest BCUT2D eigenvalue weighted by molar-refractivity contribution is -0.384. The predicted octanol–water partition coefficient (Wildman–Crippen LogP) is 2.77. The van der Waals surface area contributed by atoms with Crippen LogP contribution < -0.4 is 4.90 Å². The highest BCUT2D eigenvalue weighted by Gasteiger charge is 2.27. The molecule has 1 aliphatic heterocycles. The number of nitrogens with zero attached hydrogens (tertiary/aromatic N) is 3. The Hall–Kier alpha value is -3.06. The standard InChI is InChI=1S/C18H17N3O4/c1-2-25-12-20-16-9-8-14(21(23)24)10-15(16)18(19-11-17(20)22)13-6-4-3-5-7-13/h3-10H,2,11-12H2,1H3. The van der Waals surface area contributed by atoms with Crippen LogP contribution in [0.5, 0.6) is 0 Å². The monoisotopic (exact) mass is 339 g/mol. The van der Waals surface area contributed by atoms with Crippen LogP contribution in [0.3, 0.4) is 0 Å². The van der Waals surface area contributed by atoms with Gasteiger partial charge in [0.25, 0.3) is 11.6 Å². The molecular formula is C18H17N3O4. The second-order valence-corrected chi connectivity index (χ2v) is 5.43. The minimum atomic E-state index is -0.456. The number of carbonyl (C=O) groups is 1. The van der Waals surface area contributed by atoms with Gasteiger partial charge in [-0.15, -0.1) is 0 Å². The maximum absolute atomic E-state index is 12.5. The van der Waals surface area contributed by atoms with Gasteiger partial charge < -0.3 is 4.74 Å². The Balaban J connectivity index is 2.17. The van der Waals surface area contributed by atoms with Crippen LogP contribution in [0.15, 0.2) is 53.5 Å². The number of rotatable bonds is 5. The molecule has 128 valence electrons. The fourth-order valence-electron chi connectivity index (χ4n) is 2.68. The number of benzodiazepines with no additional fused rings is 1. The van der Waals surface area contributed by atoms with Gasteiger partial charge in [-0.2, -0.15) is 0 Å². The van der Waals surface area contributed by atoms with Crippen molar-refractivity contribution < 1.29 is 14.5 Å². The van der Waals surface area contributed by atoms with Crippen molar-refractivity contribution in [1.82, 2.24) is 0 Å². The summed E-state index contributed by atoms with van der Waals surface area (Å²) in [6.45, 7) is 2.33. The summed E-state index contributed by atoms with van der Waals surface area (Å²) in [5.41, 5.74) is 2.42. The third-order valence-corrected chi connectivity index (χ3v) is 3.88. The molecule has 0 radical (unpaired) electrons. The summed E-state index contributed by atoms with van der Waals surface area (Å²) in [6, 6.07) is 13.8. The van der Waals surface area contributed by atoms with Crippen LogP contribution in [0.2, 0.25) is 0 Å². The second kappa shape index (κ2) is 7.23. The molecule has 0 saturated carbocycles. The van der Waals surface area contributed by atoms with Gasteiger partial charge in [-0.1, -0.05) is 30.3 Å². The Morgan fingerprint density at radius 2 is 2.00 bits per heavy atom. The number of carbonyl (C=O) groups excluding carboxylic acids is 1. The third-order valence-electron chi connectivity index (χ3n) is 3.88. The molecule has 0 aliphatic carbocycles. The first-order valence-corrected chi connectivity index (χ1v) is 7.88. The zero-order chi connectivity index (χ0) is 17.8. The Kier molecular flexibility index (Phi) is 4.85. The van der Waals surface area contributed by atoms with Crippen LogP contribution in [0, 0.1) is 10.1 Å². The van der Waals surface area contributed by atoms with E-state index in [-0.39, 0.29) is 24.9 Å². The first-order chi connectivity index (χ1) is 12.1. The van der Waals surface area contributed by atoms with Crippen molar-refractivity contribution in [3.8, 4) is 0 Å². The summed E-state index contributed by atoms with van der Waals surface area (Å²) in [7, 11) is 0. The van der Waals surface area contributed by atoms with E-state index in [0.717, 1.165) is 5.56 Å². The van der Waals surface area contributed by atoms with Gasteiger partial charge in [0.2, 0.25) is 0 Å². The van der Waals surface area contributed by atoms with Crippen LogP contribution in [-0.2, 0) is 9.53 Å². The molecule has 1 amide bonds. The average molecular weight is 339 g/mol. The van der Waals surface area contributed by atoms with E-state index in [0.29, 0.717) is 23.6 Å². The Morgan fingerprint density at radius 1 is 1.24 bits per heavy atom. The molecule has 0 aromatic heterocycles. The lowest BCUT2D eigenvalue weighted by Gasteiger charge is -2.22. The number of hydrogen-bond acceptors (Lipinski definition) is 5. The zero-order valence-corrected chi connectivity index (χ0v) is 13.7. The van der Waals surface area contributed by atoms with Crippen molar-refractivity contribution in [2.24, 2.45) is 4.99 Å². The number of aliphatic imine (C=N–C) groups is 1. The summed E-state index contributed by atoms with van der Waals surface area (Å²) in [6.07, 6.45) is 0. The van der Waals surface area contributed by atoms with Crippen LogP contribution in [0.25, 0.3) is 0 Å². The van der Waals surface area contributed by atoms with Crippen molar-refractivity contribution in [1.29, 1.82) is 0 Å². The van der Waals surface area contributed by atoms with Gasteiger partial charge >= 0.3 is 0 Å². The van der Waals surface area contributed by atoms with Gasteiger partial charge in [0.05, 0.1) is 16.3 Å². The van der Waals surface area contributed by atoms with E-state index in [1.54, 1.807) is 6.07 Å². The third kappa shape index (κ3) is 3.41.